The summed E-state index contributed by atoms with van der Waals surface area (Å²) in [6.45, 7) is 3.90. The molecule has 2 aliphatic carbocycles. The van der Waals surface area contributed by atoms with Crippen molar-refractivity contribution in [2.24, 2.45) is 11.8 Å². The minimum absolute atomic E-state index is 0.417. The maximum atomic E-state index is 3.90. The zero-order valence-electron chi connectivity index (χ0n) is 12.6. The van der Waals surface area contributed by atoms with Crippen molar-refractivity contribution in [2.75, 3.05) is 0 Å². The molecule has 0 amide bonds. The van der Waals surface area contributed by atoms with Gasteiger partial charge in [-0.15, -0.1) is 0 Å². The molecule has 0 fully saturated rings. The summed E-state index contributed by atoms with van der Waals surface area (Å²) in [5, 5.41) is 0. The highest BCUT2D eigenvalue weighted by Gasteiger charge is 2.01. The number of benzene rings is 1. The van der Waals surface area contributed by atoms with Crippen molar-refractivity contribution in [2.45, 2.75) is 0 Å². The molecule has 0 atom stereocenters. The molecular weight excluding hydrogens is 264 g/mol. The van der Waals surface area contributed by atoms with E-state index in [1.165, 1.54) is 11.1 Å². The standard InChI is InChI=1S/C22H20/c1-2-18-15-21(13-11-19-7-3-4-8-19)17-22(16-18)14-12-20-9-5-6-10-20/h2-17,19-20H,1H2. The molecule has 0 saturated heterocycles. The van der Waals surface area contributed by atoms with Gasteiger partial charge in [0.2, 0.25) is 0 Å². The molecule has 2 aliphatic rings. The molecule has 0 nitrogen and oxygen atoms in total. The van der Waals surface area contributed by atoms with Crippen LogP contribution in [-0.2, 0) is 0 Å². The van der Waals surface area contributed by atoms with Crippen LogP contribution in [0.25, 0.3) is 18.2 Å². The molecule has 0 heterocycles. The molecule has 0 saturated carbocycles. The number of hydrogen-bond acceptors (Lipinski definition) is 0. The zero-order chi connectivity index (χ0) is 15.2. The number of rotatable bonds is 5. The Bertz CT molecular complexity index is 640. The molecule has 0 bridgehead atoms. The number of hydrogen-bond donors (Lipinski definition) is 0. The minimum Gasteiger partial charge on any atom is -0.0985 e. The van der Waals surface area contributed by atoms with Gasteiger partial charge >= 0.3 is 0 Å². The van der Waals surface area contributed by atoms with E-state index in [2.05, 4.69) is 97.7 Å². The Morgan fingerprint density at radius 3 is 1.45 bits per heavy atom. The first-order chi connectivity index (χ1) is 10.8. The molecule has 0 N–H and O–H groups in total. The highest BCUT2D eigenvalue weighted by molar-refractivity contribution is 5.65. The van der Waals surface area contributed by atoms with Gasteiger partial charge in [0.15, 0.2) is 0 Å². The summed E-state index contributed by atoms with van der Waals surface area (Å²) >= 11 is 0. The Hall–Kier alpha value is -2.60. The summed E-state index contributed by atoms with van der Waals surface area (Å²) in [5.41, 5.74) is 3.57. The van der Waals surface area contributed by atoms with Crippen molar-refractivity contribution in [3.05, 3.63) is 102 Å². The van der Waals surface area contributed by atoms with Gasteiger partial charge in [0, 0.05) is 11.8 Å². The lowest BCUT2D eigenvalue weighted by atomic mass is 10.0. The second kappa shape index (κ2) is 6.91. The summed E-state index contributed by atoms with van der Waals surface area (Å²) in [6.07, 6.45) is 27.8. The van der Waals surface area contributed by atoms with Crippen molar-refractivity contribution < 1.29 is 0 Å². The van der Waals surface area contributed by atoms with Crippen LogP contribution in [0, 0.1) is 11.8 Å². The average Bonchev–Trinajstić information content (AvgIpc) is 3.24. The first-order valence-corrected chi connectivity index (χ1v) is 7.67. The molecule has 108 valence electrons. The van der Waals surface area contributed by atoms with E-state index in [1.807, 2.05) is 6.08 Å². The molecule has 0 aliphatic heterocycles. The first kappa shape index (κ1) is 14.3. The lowest BCUT2D eigenvalue weighted by Crippen LogP contribution is -1.85. The predicted molar refractivity (Wildman–Crippen MR) is 98.1 cm³/mol. The van der Waals surface area contributed by atoms with Crippen molar-refractivity contribution in [1.82, 2.24) is 0 Å². The smallest absolute Gasteiger partial charge is 0.0136 e. The molecule has 0 aromatic heterocycles. The van der Waals surface area contributed by atoms with Crippen LogP contribution < -0.4 is 0 Å². The Morgan fingerprint density at radius 1 is 0.636 bits per heavy atom. The lowest BCUT2D eigenvalue weighted by Gasteiger charge is -2.03. The van der Waals surface area contributed by atoms with Gasteiger partial charge in [-0.1, -0.05) is 85.6 Å². The molecule has 0 spiro atoms. The fourth-order valence-electron chi connectivity index (χ4n) is 2.61. The SMILES string of the molecule is C=Cc1cc(C=CC2C=CC=C2)cc(C=CC2C=CC=C2)c1. The summed E-state index contributed by atoms with van der Waals surface area (Å²) in [5.74, 6) is 0.834. The van der Waals surface area contributed by atoms with Crippen molar-refractivity contribution >= 4 is 18.2 Å². The Labute approximate surface area is 132 Å². The van der Waals surface area contributed by atoms with Gasteiger partial charge < -0.3 is 0 Å². The second-order valence-corrected chi connectivity index (χ2v) is 5.55. The summed E-state index contributed by atoms with van der Waals surface area (Å²) in [4.78, 5) is 0. The fourth-order valence-corrected chi connectivity index (χ4v) is 2.61. The third kappa shape index (κ3) is 3.73. The van der Waals surface area contributed by atoms with Crippen LogP contribution >= 0.6 is 0 Å². The summed E-state index contributed by atoms with van der Waals surface area (Å²) in [6, 6.07) is 6.54. The van der Waals surface area contributed by atoms with E-state index >= 15 is 0 Å². The van der Waals surface area contributed by atoms with Crippen molar-refractivity contribution in [3.8, 4) is 0 Å². The fraction of sp³-hybridized carbons (Fsp3) is 0.0909. The predicted octanol–water partition coefficient (Wildman–Crippen LogP) is 5.84. The van der Waals surface area contributed by atoms with E-state index in [0.29, 0.717) is 11.8 Å². The highest BCUT2D eigenvalue weighted by Crippen LogP contribution is 2.19. The maximum Gasteiger partial charge on any atom is 0.0136 e. The van der Waals surface area contributed by atoms with Crippen LogP contribution in [0.15, 0.2) is 85.5 Å². The molecule has 0 heteroatoms. The monoisotopic (exact) mass is 284 g/mol. The van der Waals surface area contributed by atoms with E-state index in [9.17, 15) is 0 Å². The quantitative estimate of drug-likeness (QED) is 0.637. The normalized spacial score (nSPS) is 17.6. The molecular formula is C22H20. The summed E-state index contributed by atoms with van der Waals surface area (Å²) < 4.78 is 0. The van der Waals surface area contributed by atoms with Crippen molar-refractivity contribution in [3.63, 3.8) is 0 Å². The second-order valence-electron chi connectivity index (χ2n) is 5.55. The van der Waals surface area contributed by atoms with Crippen LogP contribution in [0.2, 0.25) is 0 Å². The lowest BCUT2D eigenvalue weighted by molar-refractivity contribution is 1.10. The largest absolute Gasteiger partial charge is 0.0985 e. The van der Waals surface area contributed by atoms with Crippen LogP contribution in [0.1, 0.15) is 16.7 Å². The highest BCUT2D eigenvalue weighted by atomic mass is 14.1. The zero-order valence-corrected chi connectivity index (χ0v) is 12.6. The van der Waals surface area contributed by atoms with E-state index in [4.69, 9.17) is 0 Å². The maximum absolute atomic E-state index is 3.90. The van der Waals surface area contributed by atoms with Crippen LogP contribution in [0.4, 0.5) is 0 Å². The van der Waals surface area contributed by atoms with Crippen LogP contribution in [-0.4, -0.2) is 0 Å². The van der Waals surface area contributed by atoms with Gasteiger partial charge in [0.05, 0.1) is 0 Å². The molecule has 3 rings (SSSR count). The third-order valence-corrected chi connectivity index (χ3v) is 3.81. The van der Waals surface area contributed by atoms with E-state index in [0.717, 1.165) is 5.56 Å². The first-order valence-electron chi connectivity index (χ1n) is 7.67. The molecule has 0 radical (unpaired) electrons. The van der Waals surface area contributed by atoms with Crippen LogP contribution in [0.3, 0.4) is 0 Å². The average molecular weight is 284 g/mol. The van der Waals surface area contributed by atoms with Crippen LogP contribution in [0.5, 0.6) is 0 Å². The topological polar surface area (TPSA) is 0 Å². The molecule has 1 aromatic rings. The van der Waals surface area contributed by atoms with E-state index < -0.39 is 0 Å². The molecule has 0 unspecified atom stereocenters. The number of allylic oxidation sites excluding steroid dienone is 10. The van der Waals surface area contributed by atoms with E-state index in [-0.39, 0.29) is 0 Å². The van der Waals surface area contributed by atoms with Gasteiger partial charge in [-0.3, -0.25) is 0 Å². The third-order valence-electron chi connectivity index (χ3n) is 3.81. The Balaban J connectivity index is 1.80. The summed E-state index contributed by atoms with van der Waals surface area (Å²) in [7, 11) is 0. The van der Waals surface area contributed by atoms with Gasteiger partial charge in [0.1, 0.15) is 0 Å². The Kier molecular flexibility index (Phi) is 4.50. The van der Waals surface area contributed by atoms with Gasteiger partial charge in [-0.2, -0.15) is 0 Å². The van der Waals surface area contributed by atoms with Gasteiger partial charge in [-0.25, -0.2) is 0 Å². The molecule has 1 aromatic carbocycles. The van der Waals surface area contributed by atoms with Gasteiger partial charge in [0.25, 0.3) is 0 Å². The molecule has 22 heavy (non-hydrogen) atoms. The minimum atomic E-state index is 0.417. The van der Waals surface area contributed by atoms with E-state index in [1.54, 1.807) is 0 Å². The Morgan fingerprint density at radius 2 is 1.05 bits per heavy atom. The van der Waals surface area contributed by atoms with Gasteiger partial charge in [-0.05, 0) is 34.9 Å². The van der Waals surface area contributed by atoms with Crippen molar-refractivity contribution in [1.29, 1.82) is 0 Å².